The number of hydrogen-bond acceptors (Lipinski definition) is 4. The zero-order valence-electron chi connectivity index (χ0n) is 12.3. The van der Waals surface area contributed by atoms with E-state index >= 15 is 0 Å². The number of aromatic nitrogens is 1. The lowest BCUT2D eigenvalue weighted by Gasteiger charge is -2.36. The number of anilines is 1. The number of carbonyl (C=O) groups excluding carboxylic acids is 1. The second kappa shape index (κ2) is 6.60. The predicted octanol–water partition coefficient (Wildman–Crippen LogP) is 2.16. The van der Waals surface area contributed by atoms with E-state index in [0.717, 1.165) is 38.2 Å². The van der Waals surface area contributed by atoms with Gasteiger partial charge in [0.2, 0.25) is 5.91 Å². The number of halogens is 2. The van der Waals surface area contributed by atoms with Gasteiger partial charge < -0.3 is 15.5 Å². The van der Waals surface area contributed by atoms with E-state index in [4.69, 9.17) is 28.9 Å². The summed E-state index contributed by atoms with van der Waals surface area (Å²) in [6, 6.07) is 1.88. The smallest absolute Gasteiger partial charge is 0.225 e. The second-order valence-electron chi connectivity index (χ2n) is 6.04. The van der Waals surface area contributed by atoms with Crippen molar-refractivity contribution in [1.82, 2.24) is 9.88 Å². The molecule has 1 saturated carbocycles. The van der Waals surface area contributed by atoms with Crippen LogP contribution >= 0.6 is 23.2 Å². The molecule has 0 unspecified atom stereocenters. The molecular weight excluding hydrogens is 323 g/mol. The maximum atomic E-state index is 12.5. The normalized spacial score (nSPS) is 25.6. The summed E-state index contributed by atoms with van der Waals surface area (Å²) in [5.41, 5.74) is 5.91. The molecule has 2 fully saturated rings. The van der Waals surface area contributed by atoms with Gasteiger partial charge in [-0.05, 0) is 25.3 Å². The van der Waals surface area contributed by atoms with E-state index in [9.17, 15) is 4.79 Å². The number of nitrogens with zero attached hydrogens (tertiary/aromatic N) is 3. The summed E-state index contributed by atoms with van der Waals surface area (Å²) in [7, 11) is 0. The molecule has 2 N–H and O–H groups in total. The molecule has 2 heterocycles. The Morgan fingerprint density at radius 2 is 1.95 bits per heavy atom. The average Bonchev–Trinajstić information content (AvgIpc) is 2.93. The molecule has 0 radical (unpaired) electrons. The highest BCUT2D eigenvalue weighted by Gasteiger charge is 2.32. The van der Waals surface area contributed by atoms with E-state index in [-0.39, 0.29) is 17.9 Å². The third kappa shape index (κ3) is 3.31. The fourth-order valence-electron chi connectivity index (χ4n) is 3.28. The molecule has 0 spiro atoms. The fraction of sp³-hybridized carbons (Fsp3) is 0.600. The van der Waals surface area contributed by atoms with Crippen molar-refractivity contribution in [3.05, 3.63) is 22.3 Å². The van der Waals surface area contributed by atoms with Crippen LogP contribution in [-0.2, 0) is 4.79 Å². The van der Waals surface area contributed by atoms with Gasteiger partial charge in [0.15, 0.2) is 0 Å². The SMILES string of the molecule is N[C@@H]1CC[C@H](C(=O)N2CCN(c3ncc(Cl)cc3Cl)CC2)C1. The highest BCUT2D eigenvalue weighted by molar-refractivity contribution is 6.36. The first-order valence-corrected chi connectivity index (χ1v) is 8.40. The summed E-state index contributed by atoms with van der Waals surface area (Å²) in [6.45, 7) is 2.87. The van der Waals surface area contributed by atoms with E-state index < -0.39 is 0 Å². The third-order valence-corrected chi connectivity index (χ3v) is 4.99. The molecule has 1 aromatic heterocycles. The average molecular weight is 343 g/mol. The van der Waals surface area contributed by atoms with Crippen LogP contribution in [0.3, 0.4) is 0 Å². The van der Waals surface area contributed by atoms with Crippen LogP contribution in [0.25, 0.3) is 0 Å². The number of amides is 1. The molecule has 5 nitrogen and oxygen atoms in total. The molecular formula is C15H20Cl2N4O. The Labute approximate surface area is 140 Å². The number of pyridine rings is 1. The van der Waals surface area contributed by atoms with Crippen molar-refractivity contribution in [3.63, 3.8) is 0 Å². The van der Waals surface area contributed by atoms with E-state index in [1.165, 1.54) is 0 Å². The number of piperazine rings is 1. The lowest BCUT2D eigenvalue weighted by Crippen LogP contribution is -2.50. The Hall–Kier alpha value is -1.04. The van der Waals surface area contributed by atoms with Crippen molar-refractivity contribution < 1.29 is 4.79 Å². The van der Waals surface area contributed by atoms with Crippen LogP contribution in [-0.4, -0.2) is 48.0 Å². The minimum Gasteiger partial charge on any atom is -0.352 e. The molecule has 1 aromatic rings. The van der Waals surface area contributed by atoms with Crippen LogP contribution in [0.4, 0.5) is 5.82 Å². The number of hydrogen-bond donors (Lipinski definition) is 1. The summed E-state index contributed by atoms with van der Waals surface area (Å²) in [6.07, 6.45) is 4.30. The van der Waals surface area contributed by atoms with Gasteiger partial charge in [-0.3, -0.25) is 4.79 Å². The predicted molar refractivity (Wildman–Crippen MR) is 88.4 cm³/mol. The minimum absolute atomic E-state index is 0.110. The van der Waals surface area contributed by atoms with Gasteiger partial charge in [0.25, 0.3) is 0 Å². The quantitative estimate of drug-likeness (QED) is 0.894. The van der Waals surface area contributed by atoms with Crippen LogP contribution in [0.2, 0.25) is 10.0 Å². The Kier molecular flexibility index (Phi) is 4.76. The van der Waals surface area contributed by atoms with Gasteiger partial charge in [-0.15, -0.1) is 0 Å². The first-order chi connectivity index (χ1) is 10.5. The largest absolute Gasteiger partial charge is 0.352 e. The molecule has 1 aliphatic carbocycles. The van der Waals surface area contributed by atoms with Gasteiger partial charge >= 0.3 is 0 Å². The van der Waals surface area contributed by atoms with Gasteiger partial charge in [0.1, 0.15) is 5.82 Å². The zero-order chi connectivity index (χ0) is 15.7. The lowest BCUT2D eigenvalue weighted by atomic mass is 10.1. The molecule has 2 aliphatic rings. The highest BCUT2D eigenvalue weighted by Crippen LogP contribution is 2.29. The molecule has 120 valence electrons. The zero-order valence-corrected chi connectivity index (χ0v) is 13.9. The number of nitrogens with two attached hydrogens (primary N) is 1. The van der Waals surface area contributed by atoms with Gasteiger partial charge in [-0.2, -0.15) is 0 Å². The molecule has 22 heavy (non-hydrogen) atoms. The van der Waals surface area contributed by atoms with Crippen LogP contribution in [0, 0.1) is 5.92 Å². The number of carbonyl (C=O) groups is 1. The highest BCUT2D eigenvalue weighted by atomic mass is 35.5. The van der Waals surface area contributed by atoms with Gasteiger partial charge in [0.05, 0.1) is 10.0 Å². The van der Waals surface area contributed by atoms with Crippen molar-refractivity contribution >= 4 is 34.9 Å². The van der Waals surface area contributed by atoms with Crippen LogP contribution in [0.5, 0.6) is 0 Å². The summed E-state index contributed by atoms with van der Waals surface area (Å²) in [5.74, 6) is 1.10. The summed E-state index contributed by atoms with van der Waals surface area (Å²) >= 11 is 12.1. The lowest BCUT2D eigenvalue weighted by molar-refractivity contribution is -0.135. The Bertz CT molecular complexity index is 560. The van der Waals surface area contributed by atoms with Crippen molar-refractivity contribution in [2.24, 2.45) is 11.7 Å². The molecule has 1 amide bonds. The first-order valence-electron chi connectivity index (χ1n) is 7.65. The van der Waals surface area contributed by atoms with Crippen LogP contribution in [0.1, 0.15) is 19.3 Å². The van der Waals surface area contributed by atoms with Crippen molar-refractivity contribution in [1.29, 1.82) is 0 Å². The molecule has 2 atom stereocenters. The Morgan fingerprint density at radius 1 is 1.23 bits per heavy atom. The Morgan fingerprint density at radius 3 is 2.55 bits per heavy atom. The molecule has 3 rings (SSSR count). The maximum absolute atomic E-state index is 12.5. The third-order valence-electron chi connectivity index (χ3n) is 4.50. The van der Waals surface area contributed by atoms with Crippen molar-refractivity contribution in [3.8, 4) is 0 Å². The van der Waals surface area contributed by atoms with Crippen molar-refractivity contribution in [2.45, 2.75) is 25.3 Å². The topological polar surface area (TPSA) is 62.5 Å². The summed E-state index contributed by atoms with van der Waals surface area (Å²) in [5, 5.41) is 1.08. The van der Waals surface area contributed by atoms with Crippen LogP contribution < -0.4 is 10.6 Å². The van der Waals surface area contributed by atoms with E-state index in [1.54, 1.807) is 12.3 Å². The Balaban J connectivity index is 1.59. The monoisotopic (exact) mass is 342 g/mol. The van der Waals surface area contributed by atoms with E-state index in [1.807, 2.05) is 4.90 Å². The molecule has 1 aliphatic heterocycles. The van der Waals surface area contributed by atoms with Crippen molar-refractivity contribution in [2.75, 3.05) is 31.1 Å². The molecule has 0 aromatic carbocycles. The minimum atomic E-state index is 0.110. The number of rotatable bonds is 2. The second-order valence-corrected chi connectivity index (χ2v) is 6.88. The molecule has 0 bridgehead atoms. The van der Waals surface area contributed by atoms with E-state index in [0.29, 0.717) is 23.1 Å². The summed E-state index contributed by atoms with van der Waals surface area (Å²) < 4.78 is 0. The van der Waals surface area contributed by atoms with Crippen LogP contribution in [0.15, 0.2) is 12.3 Å². The maximum Gasteiger partial charge on any atom is 0.225 e. The molecule has 1 saturated heterocycles. The van der Waals surface area contributed by atoms with Gasteiger partial charge in [0, 0.05) is 44.3 Å². The van der Waals surface area contributed by atoms with E-state index in [2.05, 4.69) is 9.88 Å². The summed E-state index contributed by atoms with van der Waals surface area (Å²) in [4.78, 5) is 20.8. The fourth-order valence-corrected chi connectivity index (χ4v) is 3.78. The van der Waals surface area contributed by atoms with Gasteiger partial charge in [-0.1, -0.05) is 23.2 Å². The van der Waals surface area contributed by atoms with Gasteiger partial charge in [-0.25, -0.2) is 4.98 Å². The first kappa shape index (κ1) is 15.8. The standard InChI is InChI=1S/C15H20Cl2N4O/c16-11-8-13(17)14(19-9-11)20-3-5-21(6-4-20)15(22)10-1-2-12(18)7-10/h8-10,12H,1-7,18H2/t10-,12+/m0/s1. The molecule has 7 heteroatoms.